The molecule has 27 heavy (non-hydrogen) atoms. The Kier molecular flexibility index (Phi) is 7.39. The molecule has 0 spiro atoms. The summed E-state index contributed by atoms with van der Waals surface area (Å²) in [6.07, 6.45) is 6.66. The SMILES string of the molecule is CCOC(=O)c1c(NC(=O)C[n+]2cccc(C)c2)sc2c1CCC(C)C2.[Cl-]. The molecule has 2 aromatic rings. The van der Waals surface area contributed by atoms with E-state index in [2.05, 4.69) is 12.2 Å². The van der Waals surface area contributed by atoms with E-state index in [0.717, 1.165) is 30.4 Å². The van der Waals surface area contributed by atoms with Crippen LogP contribution in [0.1, 0.15) is 46.6 Å². The maximum atomic E-state index is 12.5. The third kappa shape index (κ3) is 5.08. The highest BCUT2D eigenvalue weighted by atomic mass is 35.5. The number of carbonyl (C=O) groups excluding carboxylic acids is 2. The van der Waals surface area contributed by atoms with Crippen molar-refractivity contribution in [3.05, 3.63) is 46.1 Å². The molecule has 0 radical (unpaired) electrons. The first-order valence-corrected chi connectivity index (χ1v) is 9.86. The van der Waals surface area contributed by atoms with Crippen LogP contribution >= 0.6 is 11.3 Å². The second-order valence-electron chi connectivity index (χ2n) is 6.88. The molecule has 3 rings (SSSR count). The lowest BCUT2D eigenvalue weighted by molar-refractivity contribution is -0.684. The number of esters is 1. The van der Waals surface area contributed by atoms with E-state index in [4.69, 9.17) is 4.74 Å². The van der Waals surface area contributed by atoms with Crippen LogP contribution in [0, 0.1) is 12.8 Å². The van der Waals surface area contributed by atoms with E-state index < -0.39 is 0 Å². The van der Waals surface area contributed by atoms with Gasteiger partial charge in [0, 0.05) is 16.5 Å². The standard InChI is InChI=1S/C20H24N2O3S.ClH/c1-4-25-20(24)18-15-8-7-13(2)10-16(15)26-19(18)21-17(23)12-22-9-5-6-14(3)11-22;/h5-6,9,11,13H,4,7-8,10,12H2,1-3H3;1H. The highest BCUT2D eigenvalue weighted by Crippen LogP contribution is 2.40. The van der Waals surface area contributed by atoms with Gasteiger partial charge in [0.05, 0.1) is 12.2 Å². The van der Waals surface area contributed by atoms with Gasteiger partial charge in [-0.1, -0.05) is 6.92 Å². The first kappa shape index (κ1) is 21.4. The Bertz CT molecular complexity index is 835. The minimum atomic E-state index is -0.335. The Morgan fingerprint density at radius 2 is 2.19 bits per heavy atom. The van der Waals surface area contributed by atoms with Crippen LogP contribution in [0.4, 0.5) is 5.00 Å². The van der Waals surface area contributed by atoms with Gasteiger partial charge in [0.15, 0.2) is 12.4 Å². The summed E-state index contributed by atoms with van der Waals surface area (Å²) in [5.41, 5.74) is 2.71. The number of anilines is 1. The predicted molar refractivity (Wildman–Crippen MR) is 101 cm³/mol. The monoisotopic (exact) mass is 408 g/mol. The van der Waals surface area contributed by atoms with E-state index in [1.54, 1.807) is 6.92 Å². The quantitative estimate of drug-likeness (QED) is 0.571. The topological polar surface area (TPSA) is 59.3 Å². The third-order valence-electron chi connectivity index (χ3n) is 4.58. The lowest BCUT2D eigenvalue weighted by Crippen LogP contribution is -3.00. The van der Waals surface area contributed by atoms with Gasteiger partial charge in [0.2, 0.25) is 6.54 Å². The molecule has 1 unspecified atom stereocenters. The number of nitrogens with zero attached hydrogens (tertiary/aromatic N) is 1. The molecule has 7 heteroatoms. The van der Waals surface area contributed by atoms with Crippen molar-refractivity contribution >= 4 is 28.2 Å². The van der Waals surface area contributed by atoms with Crippen LogP contribution in [0.3, 0.4) is 0 Å². The van der Waals surface area contributed by atoms with Gasteiger partial charge < -0.3 is 22.5 Å². The maximum absolute atomic E-state index is 12.5. The third-order valence-corrected chi connectivity index (χ3v) is 5.75. The molecule has 5 nitrogen and oxygen atoms in total. The minimum absolute atomic E-state index is 0. The molecule has 0 saturated heterocycles. The molecule has 2 heterocycles. The Morgan fingerprint density at radius 3 is 2.89 bits per heavy atom. The molecule has 1 N–H and O–H groups in total. The van der Waals surface area contributed by atoms with Crippen LogP contribution in [0.15, 0.2) is 24.5 Å². The van der Waals surface area contributed by atoms with Gasteiger partial charge in [-0.3, -0.25) is 4.79 Å². The van der Waals surface area contributed by atoms with E-state index in [1.807, 2.05) is 36.0 Å². The number of aromatic nitrogens is 1. The Morgan fingerprint density at radius 1 is 1.41 bits per heavy atom. The van der Waals surface area contributed by atoms with Crippen molar-refractivity contribution < 1.29 is 31.3 Å². The van der Waals surface area contributed by atoms with Crippen LogP contribution < -0.4 is 22.3 Å². The lowest BCUT2D eigenvalue weighted by Gasteiger charge is -2.18. The number of rotatable bonds is 5. The molecule has 1 aliphatic rings. The van der Waals surface area contributed by atoms with Gasteiger partial charge in [-0.25, -0.2) is 4.79 Å². The van der Waals surface area contributed by atoms with E-state index in [-0.39, 0.29) is 30.8 Å². The minimum Gasteiger partial charge on any atom is -1.00 e. The summed E-state index contributed by atoms with van der Waals surface area (Å²) in [7, 11) is 0. The molecule has 0 bridgehead atoms. The van der Waals surface area contributed by atoms with Crippen LogP contribution in [0.5, 0.6) is 0 Å². The Labute approximate surface area is 170 Å². The average Bonchev–Trinajstić information content (AvgIpc) is 2.91. The summed E-state index contributed by atoms with van der Waals surface area (Å²) in [5, 5.41) is 3.57. The highest BCUT2D eigenvalue weighted by Gasteiger charge is 2.29. The highest BCUT2D eigenvalue weighted by molar-refractivity contribution is 7.17. The molecule has 2 aromatic heterocycles. The summed E-state index contributed by atoms with van der Waals surface area (Å²) in [6.45, 7) is 6.54. The first-order chi connectivity index (χ1) is 12.5. The van der Waals surface area contributed by atoms with Gasteiger partial charge in [-0.05, 0) is 50.7 Å². The number of hydrogen-bond acceptors (Lipinski definition) is 4. The van der Waals surface area contributed by atoms with Crippen LogP contribution in [-0.2, 0) is 28.9 Å². The Balaban J connectivity index is 0.00000261. The molecule has 0 saturated carbocycles. The molecule has 1 aliphatic carbocycles. The zero-order chi connectivity index (χ0) is 18.7. The van der Waals surface area contributed by atoms with E-state index >= 15 is 0 Å². The maximum Gasteiger partial charge on any atom is 0.341 e. The van der Waals surface area contributed by atoms with Gasteiger partial charge in [-0.2, -0.15) is 4.57 Å². The number of fused-ring (bicyclic) bond motifs is 1. The van der Waals surface area contributed by atoms with Gasteiger partial charge in [-0.15, -0.1) is 11.3 Å². The molecule has 0 aromatic carbocycles. The fourth-order valence-corrected chi connectivity index (χ4v) is 4.76. The van der Waals surface area contributed by atoms with Crippen molar-refractivity contribution in [3.8, 4) is 0 Å². The van der Waals surface area contributed by atoms with Crippen molar-refractivity contribution in [2.24, 2.45) is 5.92 Å². The van der Waals surface area contributed by atoms with Crippen LogP contribution in [0.25, 0.3) is 0 Å². The van der Waals surface area contributed by atoms with E-state index in [1.165, 1.54) is 16.2 Å². The number of halogens is 1. The number of aryl methyl sites for hydroxylation is 1. The van der Waals surface area contributed by atoms with Crippen molar-refractivity contribution in [1.29, 1.82) is 0 Å². The van der Waals surface area contributed by atoms with Gasteiger partial charge in [0.25, 0.3) is 5.91 Å². The number of pyridine rings is 1. The zero-order valence-corrected chi connectivity index (χ0v) is 17.5. The summed E-state index contributed by atoms with van der Waals surface area (Å²) >= 11 is 1.52. The number of nitrogens with one attached hydrogen (secondary N) is 1. The number of hydrogen-bond donors (Lipinski definition) is 1. The van der Waals surface area contributed by atoms with Gasteiger partial charge in [0.1, 0.15) is 5.00 Å². The van der Waals surface area contributed by atoms with E-state index in [0.29, 0.717) is 23.1 Å². The molecule has 0 fully saturated rings. The molecule has 0 aliphatic heterocycles. The van der Waals surface area contributed by atoms with Crippen LogP contribution in [-0.4, -0.2) is 18.5 Å². The molecular weight excluding hydrogens is 384 g/mol. The summed E-state index contributed by atoms with van der Waals surface area (Å²) in [6, 6.07) is 3.90. The second kappa shape index (κ2) is 9.33. The van der Waals surface area contributed by atoms with Crippen LogP contribution in [0.2, 0.25) is 0 Å². The number of amides is 1. The largest absolute Gasteiger partial charge is 1.00 e. The first-order valence-electron chi connectivity index (χ1n) is 9.05. The fourth-order valence-electron chi connectivity index (χ4n) is 3.34. The molecular formula is C20H25ClN2O3S. The molecule has 1 atom stereocenters. The summed E-state index contributed by atoms with van der Waals surface area (Å²) < 4.78 is 7.08. The lowest BCUT2D eigenvalue weighted by atomic mass is 9.88. The predicted octanol–water partition coefficient (Wildman–Crippen LogP) is 0.288. The zero-order valence-electron chi connectivity index (χ0n) is 15.9. The number of carbonyl (C=O) groups is 2. The van der Waals surface area contributed by atoms with Crippen molar-refractivity contribution in [3.63, 3.8) is 0 Å². The Hall–Kier alpha value is -1.92. The van der Waals surface area contributed by atoms with Crippen molar-refractivity contribution in [2.75, 3.05) is 11.9 Å². The van der Waals surface area contributed by atoms with Crippen molar-refractivity contribution in [2.45, 2.75) is 46.6 Å². The summed E-state index contributed by atoms with van der Waals surface area (Å²) in [5.74, 6) is 0.124. The number of thiophene rings is 1. The fraction of sp³-hybridized carbons (Fsp3) is 0.450. The molecule has 1 amide bonds. The number of ether oxygens (including phenoxy) is 1. The second-order valence-corrected chi connectivity index (χ2v) is 7.98. The van der Waals surface area contributed by atoms with Crippen molar-refractivity contribution in [1.82, 2.24) is 0 Å². The normalized spacial score (nSPS) is 15.4. The summed E-state index contributed by atoms with van der Waals surface area (Å²) in [4.78, 5) is 26.2. The van der Waals surface area contributed by atoms with E-state index in [9.17, 15) is 9.59 Å². The van der Waals surface area contributed by atoms with Gasteiger partial charge >= 0.3 is 5.97 Å². The molecule has 146 valence electrons. The average molecular weight is 409 g/mol. The smallest absolute Gasteiger partial charge is 0.341 e.